The second kappa shape index (κ2) is 12.5. The number of nitrogens with two attached hydrogens (primary N) is 1. The fraction of sp³-hybridized carbons (Fsp3) is 0.350. The standard InChI is InChI=1S/C20H26N6O5S/c21-14(10-32)18(29)25-16(7-13-8-22-11-24-13)20(31)26-15(19(30)23-9-17(27)28)6-12-4-2-1-3-5-12/h1-5,8,11,14-16,32H,6-7,9-10,21H2,(H,22,24)(H,23,30)(H,25,29)(H,26,31)(H,27,28). The third-order valence-electron chi connectivity index (χ3n) is 4.47. The van der Waals surface area contributed by atoms with Crippen molar-refractivity contribution in [3.63, 3.8) is 0 Å². The molecule has 2 rings (SSSR count). The highest BCUT2D eigenvalue weighted by Gasteiger charge is 2.28. The lowest BCUT2D eigenvalue weighted by Gasteiger charge is -2.24. The number of nitrogens with zero attached hydrogens (tertiary/aromatic N) is 1. The van der Waals surface area contributed by atoms with Gasteiger partial charge in [0.05, 0.1) is 12.4 Å². The van der Waals surface area contributed by atoms with Crippen LogP contribution in [0.15, 0.2) is 42.9 Å². The van der Waals surface area contributed by atoms with E-state index in [4.69, 9.17) is 10.8 Å². The Kier molecular flexibility index (Phi) is 9.70. The average molecular weight is 463 g/mol. The first-order chi connectivity index (χ1) is 15.3. The molecule has 1 aromatic carbocycles. The van der Waals surface area contributed by atoms with Gasteiger partial charge in [-0.15, -0.1) is 0 Å². The van der Waals surface area contributed by atoms with Gasteiger partial charge in [-0.05, 0) is 5.56 Å². The summed E-state index contributed by atoms with van der Waals surface area (Å²) in [7, 11) is 0. The number of carboxylic acids is 1. The first-order valence-electron chi connectivity index (χ1n) is 9.78. The minimum Gasteiger partial charge on any atom is -0.480 e. The number of imidazole rings is 1. The van der Waals surface area contributed by atoms with Gasteiger partial charge in [-0.25, -0.2) is 4.98 Å². The second-order valence-corrected chi connectivity index (χ2v) is 7.36. The van der Waals surface area contributed by atoms with Gasteiger partial charge < -0.3 is 31.8 Å². The Hall–Kier alpha value is -3.38. The highest BCUT2D eigenvalue weighted by molar-refractivity contribution is 7.80. The first kappa shape index (κ1) is 24.9. The topological polar surface area (TPSA) is 179 Å². The van der Waals surface area contributed by atoms with Crippen LogP contribution in [0, 0.1) is 0 Å². The number of amides is 3. The minimum absolute atomic E-state index is 0.0751. The number of carbonyl (C=O) groups is 4. The van der Waals surface area contributed by atoms with Crippen LogP contribution in [0.1, 0.15) is 11.3 Å². The maximum atomic E-state index is 13.0. The van der Waals surface area contributed by atoms with Crippen LogP contribution < -0.4 is 21.7 Å². The second-order valence-electron chi connectivity index (χ2n) is 6.99. The van der Waals surface area contributed by atoms with E-state index >= 15 is 0 Å². The maximum Gasteiger partial charge on any atom is 0.322 e. The number of benzene rings is 1. The van der Waals surface area contributed by atoms with Gasteiger partial charge in [-0.1, -0.05) is 30.3 Å². The Morgan fingerprint density at radius 3 is 2.28 bits per heavy atom. The third-order valence-corrected chi connectivity index (χ3v) is 4.87. The van der Waals surface area contributed by atoms with E-state index in [2.05, 4.69) is 38.5 Å². The summed E-state index contributed by atoms with van der Waals surface area (Å²) in [6.07, 6.45) is 3.14. The summed E-state index contributed by atoms with van der Waals surface area (Å²) >= 11 is 3.99. The van der Waals surface area contributed by atoms with E-state index in [-0.39, 0.29) is 18.6 Å². The quantitative estimate of drug-likeness (QED) is 0.190. The van der Waals surface area contributed by atoms with Crippen molar-refractivity contribution in [1.29, 1.82) is 0 Å². The van der Waals surface area contributed by atoms with Crippen LogP contribution in [-0.2, 0) is 32.0 Å². The van der Waals surface area contributed by atoms with E-state index in [9.17, 15) is 19.2 Å². The highest BCUT2D eigenvalue weighted by atomic mass is 32.1. The number of aromatic amines is 1. The smallest absolute Gasteiger partial charge is 0.322 e. The van der Waals surface area contributed by atoms with Gasteiger partial charge in [0.2, 0.25) is 17.7 Å². The Labute approximate surface area is 190 Å². The van der Waals surface area contributed by atoms with Gasteiger partial charge in [0.15, 0.2) is 0 Å². The Balaban J connectivity index is 2.19. The molecule has 0 saturated carbocycles. The third kappa shape index (κ3) is 8.04. The largest absolute Gasteiger partial charge is 0.480 e. The summed E-state index contributed by atoms with van der Waals surface area (Å²) < 4.78 is 0. The van der Waals surface area contributed by atoms with Crippen molar-refractivity contribution < 1.29 is 24.3 Å². The zero-order chi connectivity index (χ0) is 23.5. The molecule has 0 radical (unpaired) electrons. The van der Waals surface area contributed by atoms with E-state index in [1.165, 1.54) is 12.5 Å². The lowest BCUT2D eigenvalue weighted by Crippen LogP contribution is -2.57. The molecule has 0 aliphatic carbocycles. The zero-order valence-electron chi connectivity index (χ0n) is 17.2. The summed E-state index contributed by atoms with van der Waals surface area (Å²) in [6.45, 7) is -0.592. The number of hydrogen-bond acceptors (Lipinski definition) is 7. The number of carboxylic acid groups (broad SMARTS) is 1. The molecule has 0 fully saturated rings. The summed E-state index contributed by atoms with van der Waals surface area (Å²) in [5, 5.41) is 16.3. The van der Waals surface area contributed by atoms with Crippen LogP contribution in [0.3, 0.4) is 0 Å². The summed E-state index contributed by atoms with van der Waals surface area (Å²) in [5.41, 5.74) is 7.04. The van der Waals surface area contributed by atoms with E-state index in [1.54, 1.807) is 24.3 Å². The molecule has 7 N–H and O–H groups in total. The molecule has 2 aromatic rings. The number of H-pyrrole nitrogens is 1. The fourth-order valence-electron chi connectivity index (χ4n) is 2.80. The molecule has 1 aromatic heterocycles. The van der Waals surface area contributed by atoms with Gasteiger partial charge in [0, 0.05) is 30.5 Å². The van der Waals surface area contributed by atoms with Crippen molar-refractivity contribution >= 4 is 36.3 Å². The molecule has 0 spiro atoms. The van der Waals surface area contributed by atoms with Gasteiger partial charge in [0.25, 0.3) is 0 Å². The van der Waals surface area contributed by atoms with Crippen LogP contribution >= 0.6 is 12.6 Å². The predicted octanol–water partition coefficient (Wildman–Crippen LogP) is -1.38. The molecule has 0 aliphatic heterocycles. The Bertz CT molecular complexity index is 908. The summed E-state index contributed by atoms with van der Waals surface area (Å²) in [6, 6.07) is 5.88. The fourth-order valence-corrected chi connectivity index (χ4v) is 2.97. The number of hydrogen-bond donors (Lipinski definition) is 7. The van der Waals surface area contributed by atoms with Crippen LogP contribution in [0.4, 0.5) is 0 Å². The number of aliphatic carboxylic acids is 1. The molecule has 3 unspecified atom stereocenters. The van der Waals surface area contributed by atoms with Crippen molar-refractivity contribution in [2.75, 3.05) is 12.3 Å². The average Bonchev–Trinajstić information content (AvgIpc) is 3.29. The first-order valence-corrected chi connectivity index (χ1v) is 10.4. The number of aromatic nitrogens is 2. The normalized spacial score (nSPS) is 13.4. The van der Waals surface area contributed by atoms with Crippen LogP contribution in [0.5, 0.6) is 0 Å². The molecule has 1 heterocycles. The van der Waals surface area contributed by atoms with Gasteiger partial charge in [0.1, 0.15) is 18.6 Å². The molecule has 12 heteroatoms. The lowest BCUT2D eigenvalue weighted by molar-refractivity contribution is -0.138. The van der Waals surface area contributed by atoms with Crippen LogP contribution in [0.2, 0.25) is 0 Å². The van der Waals surface area contributed by atoms with Crippen molar-refractivity contribution in [3.05, 3.63) is 54.1 Å². The SMILES string of the molecule is NC(CS)C(=O)NC(Cc1cnc[nH]1)C(=O)NC(Cc1ccccc1)C(=O)NCC(=O)O. The maximum absolute atomic E-state index is 13.0. The molecule has 3 amide bonds. The molecular formula is C20H26N6O5S. The predicted molar refractivity (Wildman–Crippen MR) is 119 cm³/mol. The van der Waals surface area contributed by atoms with E-state index in [0.717, 1.165) is 5.56 Å². The van der Waals surface area contributed by atoms with Crippen molar-refractivity contribution in [2.24, 2.45) is 5.73 Å². The molecule has 3 atom stereocenters. The monoisotopic (exact) mass is 462 g/mol. The molecular weight excluding hydrogens is 436 g/mol. The van der Waals surface area contributed by atoms with Gasteiger partial charge in [-0.3, -0.25) is 19.2 Å². The molecule has 172 valence electrons. The van der Waals surface area contributed by atoms with Crippen molar-refractivity contribution in [2.45, 2.75) is 31.0 Å². The Morgan fingerprint density at radius 1 is 1.03 bits per heavy atom. The minimum atomic E-state index is -1.21. The molecule has 11 nitrogen and oxygen atoms in total. The molecule has 32 heavy (non-hydrogen) atoms. The van der Waals surface area contributed by atoms with Gasteiger partial charge >= 0.3 is 5.97 Å². The van der Waals surface area contributed by atoms with Crippen LogP contribution in [-0.4, -0.2) is 69.2 Å². The molecule has 0 bridgehead atoms. The highest BCUT2D eigenvalue weighted by Crippen LogP contribution is 2.06. The Morgan fingerprint density at radius 2 is 1.69 bits per heavy atom. The van der Waals surface area contributed by atoms with Crippen LogP contribution in [0.25, 0.3) is 0 Å². The number of nitrogens with one attached hydrogen (secondary N) is 4. The summed E-state index contributed by atoms with van der Waals surface area (Å²) in [5.74, 6) is -3.00. The zero-order valence-corrected chi connectivity index (χ0v) is 18.0. The van der Waals surface area contributed by atoms with E-state index in [1.807, 2.05) is 6.07 Å². The van der Waals surface area contributed by atoms with Gasteiger partial charge in [-0.2, -0.15) is 12.6 Å². The van der Waals surface area contributed by atoms with E-state index in [0.29, 0.717) is 5.69 Å². The molecule has 0 saturated heterocycles. The van der Waals surface area contributed by atoms with E-state index < -0.39 is 48.4 Å². The van der Waals surface area contributed by atoms with Crippen molar-refractivity contribution in [3.8, 4) is 0 Å². The van der Waals surface area contributed by atoms with Crippen molar-refractivity contribution in [1.82, 2.24) is 25.9 Å². The summed E-state index contributed by atoms with van der Waals surface area (Å²) in [4.78, 5) is 55.5. The molecule has 0 aliphatic rings. The number of carbonyl (C=O) groups excluding carboxylic acids is 3. The number of thiol groups is 1. The number of rotatable bonds is 12. The lowest BCUT2D eigenvalue weighted by atomic mass is 10.0.